The molecule has 0 aliphatic rings. The zero-order valence-corrected chi connectivity index (χ0v) is 15.5. The molecule has 0 saturated heterocycles. The molecule has 25 heavy (non-hydrogen) atoms. The predicted molar refractivity (Wildman–Crippen MR) is 107 cm³/mol. The molecule has 140 valence electrons. The van der Waals surface area contributed by atoms with Crippen LogP contribution in [0.1, 0.15) is 64.7 Å². The fourth-order valence-corrected chi connectivity index (χ4v) is 2.11. The Morgan fingerprint density at radius 1 is 0.880 bits per heavy atom. The Labute approximate surface area is 153 Å². The van der Waals surface area contributed by atoms with Gasteiger partial charge in [0.25, 0.3) is 0 Å². The quantitative estimate of drug-likeness (QED) is 0.226. The van der Waals surface area contributed by atoms with E-state index in [1.807, 2.05) is 18.2 Å². The Hall–Kier alpha value is -1.87. The summed E-state index contributed by atoms with van der Waals surface area (Å²) in [6.07, 6.45) is 27.4. The maximum atomic E-state index is 10.4. The molecule has 3 nitrogen and oxygen atoms in total. The lowest BCUT2D eigenvalue weighted by Gasteiger charge is -1.99. The van der Waals surface area contributed by atoms with Crippen molar-refractivity contribution in [2.45, 2.75) is 70.8 Å². The van der Waals surface area contributed by atoms with Crippen LogP contribution < -0.4 is 0 Å². The van der Waals surface area contributed by atoms with Gasteiger partial charge < -0.3 is 10.2 Å². The SMILES string of the molecule is CCC=CCC=CCC=CC=C[C@H](O)CC=CCCCCCC(=O)O. The van der Waals surface area contributed by atoms with Crippen molar-refractivity contribution in [1.29, 1.82) is 0 Å². The standard InChI is InChI=1S/C22H34O3/c1-2-3-4-5-6-7-8-9-12-15-18-21(23)19-16-13-10-11-14-17-20-22(24)25/h3-4,6-7,9,12-13,15-16,18,21,23H,2,5,8,10-11,14,17,19-20H2,1H3,(H,24,25)/t21-/m0/s1. The molecule has 3 heteroatoms. The van der Waals surface area contributed by atoms with Crippen LogP contribution in [0.4, 0.5) is 0 Å². The Kier molecular flexibility index (Phi) is 17.1. The number of carboxylic acid groups (broad SMARTS) is 1. The minimum atomic E-state index is -0.723. The Morgan fingerprint density at radius 2 is 1.60 bits per heavy atom. The molecule has 2 N–H and O–H groups in total. The van der Waals surface area contributed by atoms with E-state index in [9.17, 15) is 9.90 Å². The number of hydrogen-bond donors (Lipinski definition) is 2. The van der Waals surface area contributed by atoms with Gasteiger partial charge >= 0.3 is 5.97 Å². The zero-order valence-electron chi connectivity index (χ0n) is 15.5. The molecule has 0 heterocycles. The third-order valence-corrected chi connectivity index (χ3v) is 3.50. The van der Waals surface area contributed by atoms with Gasteiger partial charge in [-0.05, 0) is 44.9 Å². The highest BCUT2D eigenvalue weighted by Gasteiger charge is 1.96. The highest BCUT2D eigenvalue weighted by Crippen LogP contribution is 2.05. The summed E-state index contributed by atoms with van der Waals surface area (Å²) in [6.45, 7) is 2.13. The van der Waals surface area contributed by atoms with Crippen molar-refractivity contribution in [1.82, 2.24) is 0 Å². The van der Waals surface area contributed by atoms with E-state index in [1.54, 1.807) is 6.08 Å². The van der Waals surface area contributed by atoms with Crippen molar-refractivity contribution in [3.63, 3.8) is 0 Å². The molecule has 1 atom stereocenters. The number of aliphatic hydroxyl groups is 1. The minimum absolute atomic E-state index is 0.256. The van der Waals surface area contributed by atoms with Crippen molar-refractivity contribution in [2.75, 3.05) is 0 Å². The molecule has 0 aliphatic heterocycles. The number of unbranched alkanes of at least 4 members (excludes halogenated alkanes) is 3. The molecule has 0 aromatic heterocycles. The van der Waals surface area contributed by atoms with Gasteiger partial charge in [0.05, 0.1) is 6.10 Å². The Morgan fingerprint density at radius 3 is 2.32 bits per heavy atom. The highest BCUT2D eigenvalue weighted by atomic mass is 16.4. The van der Waals surface area contributed by atoms with Crippen LogP contribution in [0.25, 0.3) is 0 Å². The molecule has 0 rings (SSSR count). The van der Waals surface area contributed by atoms with Gasteiger partial charge in [0, 0.05) is 6.42 Å². The minimum Gasteiger partial charge on any atom is -0.481 e. The van der Waals surface area contributed by atoms with Crippen LogP contribution in [0, 0.1) is 0 Å². The summed E-state index contributed by atoms with van der Waals surface area (Å²) in [7, 11) is 0. The van der Waals surface area contributed by atoms with Crippen LogP contribution in [-0.2, 0) is 4.79 Å². The van der Waals surface area contributed by atoms with Gasteiger partial charge in [-0.3, -0.25) is 4.79 Å². The van der Waals surface area contributed by atoms with Gasteiger partial charge in [0.2, 0.25) is 0 Å². The maximum Gasteiger partial charge on any atom is 0.303 e. The number of allylic oxidation sites excluding steroid dienone is 8. The lowest BCUT2D eigenvalue weighted by molar-refractivity contribution is -0.137. The number of hydrogen-bond acceptors (Lipinski definition) is 2. The second kappa shape index (κ2) is 18.5. The number of aliphatic hydroxyl groups excluding tert-OH is 1. The second-order valence-electron chi connectivity index (χ2n) is 5.90. The van der Waals surface area contributed by atoms with E-state index in [0.717, 1.165) is 44.9 Å². The van der Waals surface area contributed by atoms with Gasteiger partial charge in [-0.25, -0.2) is 0 Å². The largest absolute Gasteiger partial charge is 0.481 e. The fraction of sp³-hybridized carbons (Fsp3) is 0.500. The fourth-order valence-electron chi connectivity index (χ4n) is 2.11. The molecule has 0 amide bonds. The van der Waals surface area contributed by atoms with Crippen LogP contribution in [0.3, 0.4) is 0 Å². The molecule has 0 aromatic rings. The van der Waals surface area contributed by atoms with Crippen molar-refractivity contribution in [3.8, 4) is 0 Å². The second-order valence-corrected chi connectivity index (χ2v) is 5.90. The molecule has 0 aromatic carbocycles. The summed E-state index contributed by atoms with van der Waals surface area (Å²) < 4.78 is 0. The maximum absolute atomic E-state index is 10.4. The third kappa shape index (κ3) is 20.1. The average molecular weight is 347 g/mol. The zero-order chi connectivity index (χ0) is 18.6. The summed E-state index contributed by atoms with van der Waals surface area (Å²) >= 11 is 0. The van der Waals surface area contributed by atoms with Crippen molar-refractivity contribution in [3.05, 3.63) is 60.8 Å². The van der Waals surface area contributed by atoms with Gasteiger partial charge in [0.1, 0.15) is 0 Å². The molecule has 0 fully saturated rings. The first-order valence-electron chi connectivity index (χ1n) is 9.35. The van der Waals surface area contributed by atoms with E-state index in [4.69, 9.17) is 5.11 Å². The lowest BCUT2D eigenvalue weighted by atomic mass is 10.1. The summed E-state index contributed by atoms with van der Waals surface area (Å²) in [5.41, 5.74) is 0. The molecule has 0 aliphatic carbocycles. The van der Waals surface area contributed by atoms with E-state index >= 15 is 0 Å². The van der Waals surface area contributed by atoms with E-state index in [2.05, 4.69) is 43.4 Å². The smallest absolute Gasteiger partial charge is 0.303 e. The first-order valence-corrected chi connectivity index (χ1v) is 9.35. The molecular formula is C22H34O3. The highest BCUT2D eigenvalue weighted by molar-refractivity contribution is 5.66. The van der Waals surface area contributed by atoms with E-state index in [-0.39, 0.29) is 6.42 Å². The van der Waals surface area contributed by atoms with Gasteiger partial charge in [-0.2, -0.15) is 0 Å². The average Bonchev–Trinajstić information content (AvgIpc) is 2.58. The van der Waals surface area contributed by atoms with Crippen molar-refractivity contribution >= 4 is 5.97 Å². The van der Waals surface area contributed by atoms with Crippen molar-refractivity contribution in [2.24, 2.45) is 0 Å². The molecule has 0 unspecified atom stereocenters. The van der Waals surface area contributed by atoms with Crippen LogP contribution in [0.2, 0.25) is 0 Å². The molecule has 0 radical (unpaired) electrons. The van der Waals surface area contributed by atoms with Crippen molar-refractivity contribution < 1.29 is 15.0 Å². The first kappa shape index (κ1) is 23.1. The van der Waals surface area contributed by atoms with Gasteiger partial charge in [-0.15, -0.1) is 0 Å². The predicted octanol–water partition coefficient (Wildman–Crippen LogP) is 5.74. The Balaban J connectivity index is 3.63. The van der Waals surface area contributed by atoms with E-state index in [0.29, 0.717) is 6.42 Å². The van der Waals surface area contributed by atoms with Crippen LogP contribution in [-0.4, -0.2) is 22.3 Å². The van der Waals surface area contributed by atoms with Crippen LogP contribution in [0.5, 0.6) is 0 Å². The lowest BCUT2D eigenvalue weighted by Crippen LogP contribution is -1.98. The normalized spacial score (nSPS) is 14.0. The van der Waals surface area contributed by atoms with Crippen LogP contribution >= 0.6 is 0 Å². The van der Waals surface area contributed by atoms with Gasteiger partial charge in [0.15, 0.2) is 0 Å². The first-order chi connectivity index (χ1) is 12.2. The molecule has 0 saturated carbocycles. The monoisotopic (exact) mass is 346 g/mol. The molecular weight excluding hydrogens is 312 g/mol. The summed E-state index contributed by atoms with van der Waals surface area (Å²) in [4.78, 5) is 10.4. The van der Waals surface area contributed by atoms with E-state index in [1.165, 1.54) is 0 Å². The molecule has 0 spiro atoms. The molecule has 0 bridgehead atoms. The van der Waals surface area contributed by atoms with Crippen LogP contribution in [0.15, 0.2) is 60.8 Å². The summed E-state index contributed by atoms with van der Waals surface area (Å²) in [5, 5.41) is 18.3. The number of carbonyl (C=O) groups is 1. The third-order valence-electron chi connectivity index (χ3n) is 3.50. The Bertz CT molecular complexity index is 456. The van der Waals surface area contributed by atoms with Gasteiger partial charge in [-0.1, -0.05) is 74.1 Å². The summed E-state index contributed by atoms with van der Waals surface area (Å²) in [5.74, 6) is -0.723. The number of rotatable bonds is 15. The van der Waals surface area contributed by atoms with E-state index < -0.39 is 12.1 Å². The number of aliphatic carboxylic acids is 1. The topological polar surface area (TPSA) is 57.5 Å². The summed E-state index contributed by atoms with van der Waals surface area (Å²) in [6, 6.07) is 0. The number of carboxylic acids is 1.